The van der Waals surface area contributed by atoms with Crippen molar-refractivity contribution >= 4 is 81.0 Å². The van der Waals surface area contributed by atoms with E-state index in [-0.39, 0.29) is 29.6 Å². The molecular formula is C24H20Cl2N2NaO3. The Hall–Kier alpha value is -2.28. The van der Waals surface area contributed by atoms with Gasteiger partial charge in [-0.05, 0) is 48.5 Å². The Morgan fingerprint density at radius 1 is 0.938 bits per heavy atom. The second kappa shape index (κ2) is 12.7. The Morgan fingerprint density at radius 3 is 2.22 bits per heavy atom. The maximum atomic E-state index is 9.00. The van der Waals surface area contributed by atoms with E-state index in [0.717, 1.165) is 35.0 Å². The number of carboxylic acid groups (broad SMARTS) is 1. The first-order chi connectivity index (χ1) is 14.9. The van der Waals surface area contributed by atoms with Gasteiger partial charge in [-0.15, -0.1) is 0 Å². The molecule has 0 spiro atoms. The maximum absolute atomic E-state index is 9.00. The number of fused-ring (bicyclic) bond motifs is 1. The molecular weight excluding hydrogens is 458 g/mol. The number of benzene rings is 3. The van der Waals surface area contributed by atoms with E-state index in [9.17, 15) is 0 Å². The van der Waals surface area contributed by atoms with Crippen LogP contribution in [-0.2, 0) is 11.4 Å². The van der Waals surface area contributed by atoms with E-state index in [0.29, 0.717) is 22.3 Å². The zero-order valence-electron chi connectivity index (χ0n) is 17.7. The number of nitrogens with zero attached hydrogens (tertiary/aromatic N) is 1. The summed E-state index contributed by atoms with van der Waals surface area (Å²) in [6, 6.07) is 25.1. The number of nitrogens with one attached hydrogen (secondary N) is 1. The molecule has 0 aliphatic carbocycles. The molecule has 1 aromatic heterocycles. The van der Waals surface area contributed by atoms with Crippen LogP contribution in [0.15, 0.2) is 78.9 Å². The van der Waals surface area contributed by atoms with E-state index in [4.69, 9.17) is 37.8 Å². The van der Waals surface area contributed by atoms with Crippen LogP contribution in [0, 0.1) is 0 Å². The summed E-state index contributed by atoms with van der Waals surface area (Å²) < 4.78 is 5.85. The van der Waals surface area contributed by atoms with Gasteiger partial charge < -0.3 is 15.2 Å². The molecule has 0 aliphatic rings. The standard InChI is InChI=1S/C22H16Cl2N2O.C2H4O2.Na/c23-19-5-3-6-20(24)22(19)26-16-10-12-18(13-11-16)27-14-17-9-8-15-4-1-2-7-21(15)25-17;1-2(3)4;/h1-13,26H,14H2;1H3,(H,3,4);. The fraction of sp³-hybridized carbons (Fsp3) is 0.0833. The number of halogens is 2. The molecule has 0 saturated heterocycles. The van der Waals surface area contributed by atoms with E-state index in [1.807, 2.05) is 60.7 Å². The van der Waals surface area contributed by atoms with E-state index < -0.39 is 5.97 Å². The maximum Gasteiger partial charge on any atom is 0.300 e. The van der Waals surface area contributed by atoms with Crippen LogP contribution in [-0.4, -0.2) is 45.6 Å². The van der Waals surface area contributed by atoms with Gasteiger partial charge in [0.1, 0.15) is 12.4 Å². The van der Waals surface area contributed by atoms with E-state index in [1.165, 1.54) is 0 Å². The third kappa shape index (κ3) is 7.69. The molecule has 3 aromatic carbocycles. The number of anilines is 2. The molecule has 32 heavy (non-hydrogen) atoms. The van der Waals surface area contributed by atoms with Gasteiger partial charge in [0, 0.05) is 47.6 Å². The van der Waals surface area contributed by atoms with Crippen molar-refractivity contribution in [3.63, 3.8) is 0 Å². The summed E-state index contributed by atoms with van der Waals surface area (Å²) in [7, 11) is 0. The topological polar surface area (TPSA) is 71.5 Å². The molecule has 8 heteroatoms. The van der Waals surface area contributed by atoms with E-state index in [2.05, 4.69) is 16.4 Å². The molecule has 159 valence electrons. The first-order valence-corrected chi connectivity index (χ1v) is 10.2. The van der Waals surface area contributed by atoms with Crippen molar-refractivity contribution in [3.05, 3.63) is 94.6 Å². The Labute approximate surface area is 218 Å². The van der Waals surface area contributed by atoms with Crippen LogP contribution < -0.4 is 10.1 Å². The summed E-state index contributed by atoms with van der Waals surface area (Å²) >= 11 is 12.4. The Kier molecular flexibility index (Phi) is 10.3. The van der Waals surface area contributed by atoms with Gasteiger partial charge in [-0.3, -0.25) is 4.79 Å². The number of hydrogen-bond donors (Lipinski definition) is 2. The predicted molar refractivity (Wildman–Crippen MR) is 131 cm³/mol. The van der Waals surface area contributed by atoms with Gasteiger partial charge in [-0.1, -0.05) is 53.5 Å². The second-order valence-corrected chi connectivity index (χ2v) is 7.36. The summed E-state index contributed by atoms with van der Waals surface area (Å²) in [5.74, 6) is -0.0687. The van der Waals surface area contributed by atoms with Crippen molar-refractivity contribution in [2.24, 2.45) is 0 Å². The van der Waals surface area contributed by atoms with Gasteiger partial charge in [0.15, 0.2) is 0 Å². The SMILES string of the molecule is CC(=O)O.Clc1cccc(Cl)c1Nc1ccc(OCc2ccc3ccccc3n2)cc1.[Na]. The fourth-order valence-corrected chi connectivity index (χ4v) is 3.23. The van der Waals surface area contributed by atoms with Gasteiger partial charge in [-0.25, -0.2) is 4.98 Å². The van der Waals surface area contributed by atoms with E-state index in [1.54, 1.807) is 12.1 Å². The van der Waals surface area contributed by atoms with Crippen LogP contribution in [0.25, 0.3) is 10.9 Å². The number of carbonyl (C=O) groups is 1. The summed E-state index contributed by atoms with van der Waals surface area (Å²) in [5.41, 5.74) is 3.42. The molecule has 0 aliphatic heterocycles. The number of ether oxygens (including phenoxy) is 1. The van der Waals surface area contributed by atoms with Gasteiger partial charge in [0.2, 0.25) is 0 Å². The number of pyridine rings is 1. The molecule has 0 fully saturated rings. The molecule has 5 nitrogen and oxygen atoms in total. The number of aliphatic carboxylic acids is 1. The van der Waals surface area contributed by atoms with Crippen molar-refractivity contribution in [2.75, 3.05) is 5.32 Å². The Balaban J connectivity index is 0.000000672. The molecule has 0 saturated carbocycles. The second-order valence-electron chi connectivity index (χ2n) is 6.55. The monoisotopic (exact) mass is 477 g/mol. The largest absolute Gasteiger partial charge is 0.487 e. The van der Waals surface area contributed by atoms with Crippen LogP contribution >= 0.6 is 23.2 Å². The summed E-state index contributed by atoms with van der Waals surface area (Å²) in [5, 5.41) is 12.9. The van der Waals surface area contributed by atoms with Crippen molar-refractivity contribution < 1.29 is 14.6 Å². The summed E-state index contributed by atoms with van der Waals surface area (Å²) in [4.78, 5) is 13.6. The smallest absolute Gasteiger partial charge is 0.300 e. The third-order valence-corrected chi connectivity index (χ3v) is 4.76. The van der Waals surface area contributed by atoms with Crippen LogP contribution in [0.1, 0.15) is 12.6 Å². The first kappa shape index (κ1) is 26.0. The Bertz CT molecular complexity index is 1160. The van der Waals surface area contributed by atoms with Crippen molar-refractivity contribution in [1.82, 2.24) is 4.98 Å². The minimum absolute atomic E-state index is 0. The predicted octanol–water partition coefficient (Wildman–Crippen LogP) is 6.57. The van der Waals surface area contributed by atoms with Gasteiger partial charge >= 0.3 is 0 Å². The number of carboxylic acids is 1. The molecule has 4 aromatic rings. The van der Waals surface area contributed by atoms with Gasteiger partial charge in [0.05, 0.1) is 26.9 Å². The number of hydrogen-bond acceptors (Lipinski definition) is 4. The molecule has 1 radical (unpaired) electrons. The minimum atomic E-state index is -0.833. The number of para-hydroxylation sites is 2. The zero-order chi connectivity index (χ0) is 22.2. The third-order valence-electron chi connectivity index (χ3n) is 4.13. The normalized spacial score (nSPS) is 9.84. The Morgan fingerprint density at radius 2 is 1.56 bits per heavy atom. The zero-order valence-corrected chi connectivity index (χ0v) is 21.2. The average Bonchev–Trinajstić information content (AvgIpc) is 2.75. The molecule has 0 atom stereocenters. The first-order valence-electron chi connectivity index (χ1n) is 9.40. The number of rotatable bonds is 5. The molecule has 4 rings (SSSR count). The minimum Gasteiger partial charge on any atom is -0.487 e. The quantitative estimate of drug-likeness (QED) is 0.318. The van der Waals surface area contributed by atoms with Crippen molar-refractivity contribution in [2.45, 2.75) is 13.5 Å². The van der Waals surface area contributed by atoms with E-state index >= 15 is 0 Å². The van der Waals surface area contributed by atoms with Crippen LogP contribution in [0.5, 0.6) is 5.75 Å². The average molecular weight is 478 g/mol. The summed E-state index contributed by atoms with van der Waals surface area (Å²) in [6.45, 7) is 1.49. The number of aromatic nitrogens is 1. The van der Waals surface area contributed by atoms with Crippen LogP contribution in [0.4, 0.5) is 11.4 Å². The molecule has 0 bridgehead atoms. The van der Waals surface area contributed by atoms with Crippen LogP contribution in [0.3, 0.4) is 0 Å². The molecule has 2 N–H and O–H groups in total. The van der Waals surface area contributed by atoms with Crippen molar-refractivity contribution in [3.8, 4) is 5.75 Å². The fourth-order valence-electron chi connectivity index (χ4n) is 2.74. The van der Waals surface area contributed by atoms with Gasteiger partial charge in [-0.2, -0.15) is 0 Å². The van der Waals surface area contributed by atoms with Crippen LogP contribution in [0.2, 0.25) is 10.0 Å². The summed E-state index contributed by atoms with van der Waals surface area (Å²) in [6.07, 6.45) is 0. The van der Waals surface area contributed by atoms with Gasteiger partial charge in [0.25, 0.3) is 5.97 Å². The van der Waals surface area contributed by atoms with Crippen molar-refractivity contribution in [1.29, 1.82) is 0 Å². The molecule has 1 heterocycles. The molecule has 0 amide bonds. The molecule has 0 unspecified atom stereocenters.